The van der Waals surface area contributed by atoms with Crippen LogP contribution in [0.1, 0.15) is 0 Å². The highest BCUT2D eigenvalue weighted by Crippen LogP contribution is 2.25. The first-order valence-corrected chi connectivity index (χ1v) is 7.04. The number of rotatable bonds is 5. The molecule has 2 aromatic carbocycles. The molecular weight excluding hydrogens is 281 g/mol. The molecule has 0 atom stereocenters. The Hall–Kier alpha value is -2.69. The van der Waals surface area contributed by atoms with Gasteiger partial charge in [-0.05, 0) is 24.3 Å². The van der Waals surface area contributed by atoms with Crippen LogP contribution < -0.4 is 10.1 Å². The van der Waals surface area contributed by atoms with Gasteiger partial charge in [-0.25, -0.2) is 14.4 Å². The molecule has 0 radical (unpaired) electrons. The summed E-state index contributed by atoms with van der Waals surface area (Å²) in [6.07, 6.45) is 1.71. The molecule has 0 aliphatic heterocycles. The number of alkyl halides is 1. The van der Waals surface area contributed by atoms with E-state index in [1.165, 1.54) is 0 Å². The quantitative estimate of drug-likeness (QED) is 0.780. The lowest BCUT2D eigenvalue weighted by molar-refractivity contribution is 0.275. The van der Waals surface area contributed by atoms with Crippen molar-refractivity contribution in [2.24, 2.45) is 0 Å². The molecule has 3 rings (SSSR count). The van der Waals surface area contributed by atoms with Crippen molar-refractivity contribution in [1.82, 2.24) is 9.97 Å². The minimum atomic E-state index is -0.528. The molecule has 4 nitrogen and oxygen atoms in total. The van der Waals surface area contributed by atoms with E-state index in [1.54, 1.807) is 12.3 Å². The molecule has 1 heterocycles. The molecule has 0 saturated carbocycles. The van der Waals surface area contributed by atoms with Crippen molar-refractivity contribution in [2.75, 3.05) is 25.6 Å². The summed E-state index contributed by atoms with van der Waals surface area (Å²) in [4.78, 5) is 9.04. The van der Waals surface area contributed by atoms with Gasteiger partial charge in [0, 0.05) is 18.3 Å². The molecule has 0 fully saturated rings. The summed E-state index contributed by atoms with van der Waals surface area (Å²) in [7, 11) is 1.88. The van der Waals surface area contributed by atoms with Crippen LogP contribution in [0, 0.1) is 0 Å². The van der Waals surface area contributed by atoms with Crippen LogP contribution in [0.25, 0.3) is 22.3 Å². The number of para-hydroxylation sites is 1. The Kier molecular flexibility index (Phi) is 4.14. The van der Waals surface area contributed by atoms with E-state index < -0.39 is 6.67 Å². The van der Waals surface area contributed by atoms with Crippen molar-refractivity contribution >= 4 is 16.7 Å². The first kappa shape index (κ1) is 14.3. The Bertz CT molecular complexity index is 774. The summed E-state index contributed by atoms with van der Waals surface area (Å²) in [5, 5.41) is 3.08. The number of benzene rings is 2. The van der Waals surface area contributed by atoms with Crippen molar-refractivity contribution in [1.29, 1.82) is 0 Å². The molecule has 0 amide bonds. The molecule has 5 heteroatoms. The van der Waals surface area contributed by atoms with Crippen LogP contribution in [0.4, 0.5) is 10.1 Å². The second-order valence-electron chi connectivity index (χ2n) is 4.74. The van der Waals surface area contributed by atoms with Crippen molar-refractivity contribution in [3.8, 4) is 17.0 Å². The predicted molar refractivity (Wildman–Crippen MR) is 86.0 cm³/mol. The molecule has 3 aromatic rings. The van der Waals surface area contributed by atoms with E-state index in [0.29, 0.717) is 11.3 Å². The number of anilines is 1. The average Bonchev–Trinajstić information content (AvgIpc) is 2.59. The maximum atomic E-state index is 12.3. The fourth-order valence-electron chi connectivity index (χ4n) is 2.23. The Morgan fingerprint density at radius 1 is 1.14 bits per heavy atom. The van der Waals surface area contributed by atoms with Gasteiger partial charge in [0.25, 0.3) is 0 Å². The van der Waals surface area contributed by atoms with Crippen LogP contribution in [-0.2, 0) is 0 Å². The largest absolute Gasteiger partial charge is 0.489 e. The molecular formula is C17H16FN3O. The van der Waals surface area contributed by atoms with E-state index >= 15 is 0 Å². The van der Waals surface area contributed by atoms with Crippen molar-refractivity contribution in [3.05, 3.63) is 48.7 Å². The van der Waals surface area contributed by atoms with E-state index in [1.807, 2.05) is 43.4 Å². The maximum absolute atomic E-state index is 12.3. The van der Waals surface area contributed by atoms with Crippen LogP contribution >= 0.6 is 0 Å². The number of aromatic nitrogens is 2. The molecule has 0 spiro atoms. The lowest BCUT2D eigenvalue weighted by atomic mass is 10.1. The molecule has 1 N–H and O–H groups in total. The standard InChI is InChI=1S/C17H16FN3O/c1-19-13-7-5-12(6-8-13)15-11-20-17-14(21-15)3-2-4-16(17)22-10-9-18/h2-8,11,19H,9-10H2,1H3. The van der Waals surface area contributed by atoms with Gasteiger partial charge in [-0.1, -0.05) is 18.2 Å². The fourth-order valence-corrected chi connectivity index (χ4v) is 2.23. The van der Waals surface area contributed by atoms with Crippen LogP contribution in [0.2, 0.25) is 0 Å². The van der Waals surface area contributed by atoms with E-state index in [4.69, 9.17) is 4.74 Å². The minimum Gasteiger partial charge on any atom is -0.489 e. The lowest BCUT2D eigenvalue weighted by Gasteiger charge is -2.08. The summed E-state index contributed by atoms with van der Waals surface area (Å²) in [6.45, 7) is -0.506. The molecule has 0 bridgehead atoms. The zero-order valence-electron chi connectivity index (χ0n) is 12.2. The molecule has 112 valence electrons. The normalized spacial score (nSPS) is 10.6. The zero-order valence-corrected chi connectivity index (χ0v) is 12.2. The first-order chi connectivity index (χ1) is 10.8. The first-order valence-electron chi connectivity index (χ1n) is 7.04. The third-order valence-corrected chi connectivity index (χ3v) is 3.34. The van der Waals surface area contributed by atoms with Gasteiger partial charge >= 0.3 is 0 Å². The number of nitrogens with zero attached hydrogens (tertiary/aromatic N) is 2. The summed E-state index contributed by atoms with van der Waals surface area (Å²) in [5.41, 5.74) is 4.19. The van der Waals surface area contributed by atoms with Crippen molar-refractivity contribution in [3.63, 3.8) is 0 Å². The Balaban J connectivity index is 1.98. The number of hydrogen-bond acceptors (Lipinski definition) is 4. The Labute approximate surface area is 128 Å². The van der Waals surface area contributed by atoms with Crippen molar-refractivity contribution in [2.45, 2.75) is 0 Å². The number of ether oxygens (including phenoxy) is 1. The number of hydrogen-bond donors (Lipinski definition) is 1. The van der Waals surface area contributed by atoms with Gasteiger partial charge < -0.3 is 10.1 Å². The second-order valence-corrected chi connectivity index (χ2v) is 4.74. The lowest BCUT2D eigenvalue weighted by Crippen LogP contribution is -2.00. The van der Waals surface area contributed by atoms with Gasteiger partial charge in [-0.3, -0.25) is 0 Å². The van der Waals surface area contributed by atoms with Gasteiger partial charge in [0.1, 0.15) is 24.5 Å². The highest BCUT2D eigenvalue weighted by molar-refractivity contribution is 5.82. The molecule has 0 unspecified atom stereocenters. The molecule has 0 aliphatic rings. The van der Waals surface area contributed by atoms with E-state index in [-0.39, 0.29) is 6.61 Å². The van der Waals surface area contributed by atoms with Crippen LogP contribution in [0.5, 0.6) is 5.75 Å². The van der Waals surface area contributed by atoms with Gasteiger partial charge in [0.05, 0.1) is 17.4 Å². The minimum absolute atomic E-state index is 0.0218. The summed E-state index contributed by atoms with van der Waals surface area (Å²) in [5.74, 6) is 0.555. The Morgan fingerprint density at radius 3 is 2.68 bits per heavy atom. The van der Waals surface area contributed by atoms with Gasteiger partial charge in [0.15, 0.2) is 0 Å². The average molecular weight is 297 g/mol. The van der Waals surface area contributed by atoms with E-state index in [0.717, 1.165) is 22.5 Å². The van der Waals surface area contributed by atoms with Gasteiger partial charge in [-0.2, -0.15) is 0 Å². The number of fused-ring (bicyclic) bond motifs is 1. The summed E-state index contributed by atoms with van der Waals surface area (Å²) < 4.78 is 17.6. The SMILES string of the molecule is CNc1ccc(-c2cnc3c(OCCF)cccc3n2)cc1. The van der Waals surface area contributed by atoms with E-state index in [9.17, 15) is 4.39 Å². The second kappa shape index (κ2) is 6.39. The third kappa shape index (κ3) is 2.83. The van der Waals surface area contributed by atoms with Crippen LogP contribution in [0.3, 0.4) is 0 Å². The summed E-state index contributed by atoms with van der Waals surface area (Å²) in [6, 6.07) is 13.4. The highest BCUT2D eigenvalue weighted by atomic mass is 19.1. The van der Waals surface area contributed by atoms with E-state index in [2.05, 4.69) is 15.3 Å². The third-order valence-electron chi connectivity index (χ3n) is 3.34. The fraction of sp³-hybridized carbons (Fsp3) is 0.176. The van der Waals surface area contributed by atoms with Crippen molar-refractivity contribution < 1.29 is 9.13 Å². The number of nitrogens with one attached hydrogen (secondary N) is 1. The van der Waals surface area contributed by atoms with Gasteiger partial charge in [-0.15, -0.1) is 0 Å². The topological polar surface area (TPSA) is 47.0 Å². The maximum Gasteiger partial charge on any atom is 0.147 e. The van der Waals surface area contributed by atoms with Crippen LogP contribution in [0.15, 0.2) is 48.7 Å². The van der Waals surface area contributed by atoms with Gasteiger partial charge in [0.2, 0.25) is 0 Å². The zero-order chi connectivity index (χ0) is 15.4. The Morgan fingerprint density at radius 2 is 1.95 bits per heavy atom. The molecule has 1 aromatic heterocycles. The highest BCUT2D eigenvalue weighted by Gasteiger charge is 2.07. The summed E-state index contributed by atoms with van der Waals surface area (Å²) >= 11 is 0. The predicted octanol–water partition coefficient (Wildman–Crippen LogP) is 3.69. The number of halogens is 1. The molecule has 0 saturated heterocycles. The smallest absolute Gasteiger partial charge is 0.147 e. The van der Waals surface area contributed by atoms with Crippen LogP contribution in [-0.4, -0.2) is 30.3 Å². The molecule has 0 aliphatic carbocycles. The molecule has 22 heavy (non-hydrogen) atoms. The monoisotopic (exact) mass is 297 g/mol.